The van der Waals surface area contributed by atoms with Gasteiger partial charge in [-0.1, -0.05) is 12.1 Å². The van der Waals surface area contributed by atoms with Gasteiger partial charge < -0.3 is 14.5 Å². The van der Waals surface area contributed by atoms with Crippen molar-refractivity contribution in [2.75, 3.05) is 0 Å². The molecule has 1 aromatic heterocycles. The van der Waals surface area contributed by atoms with Gasteiger partial charge in [-0.05, 0) is 35.9 Å². The molecule has 12 nitrogen and oxygen atoms in total. The van der Waals surface area contributed by atoms with Gasteiger partial charge in [0, 0.05) is 12.1 Å². The summed E-state index contributed by atoms with van der Waals surface area (Å²) in [7, 11) is 0. The van der Waals surface area contributed by atoms with Gasteiger partial charge in [0.15, 0.2) is 0 Å². The Morgan fingerprint density at radius 2 is 1.71 bits per heavy atom. The molecule has 0 fully saturated rings. The third kappa shape index (κ3) is 5.89. The number of nitrogens with one attached hydrogen (secondary N) is 1. The van der Waals surface area contributed by atoms with Gasteiger partial charge in [-0.25, -0.2) is 4.79 Å². The SMILES string of the molecule is N#C/C(=C\c1ccc(OC(=O)c2cc([N+](=O)[O-])cc([N+](=O)[O-])c2)cc1)C(=O)NCc1ccco1. The number of nitro benzene ring substituents is 2. The molecule has 1 heterocycles. The molecule has 12 heteroatoms. The normalized spacial score (nSPS) is 10.7. The van der Waals surface area contributed by atoms with Gasteiger partial charge in [0.2, 0.25) is 0 Å². The number of rotatable bonds is 8. The standard InChI is InChI=1S/C22H14N4O8/c23-12-16(21(27)24-13-20-2-1-7-33-20)8-14-3-5-19(6-4-14)34-22(28)15-9-17(25(29)30)11-18(10-15)26(31)32/h1-11H,13H2,(H,24,27)/b16-8+. The molecule has 0 saturated heterocycles. The maximum absolute atomic E-state index is 12.3. The minimum atomic E-state index is -1.04. The Balaban J connectivity index is 1.71. The van der Waals surface area contributed by atoms with Crippen LogP contribution in [-0.2, 0) is 11.3 Å². The Labute approximate surface area is 191 Å². The lowest BCUT2D eigenvalue weighted by Gasteiger charge is -2.06. The number of non-ortho nitro benzene ring substituents is 2. The van der Waals surface area contributed by atoms with Crippen LogP contribution in [0.3, 0.4) is 0 Å². The molecule has 170 valence electrons. The quantitative estimate of drug-likeness (QED) is 0.131. The molecule has 0 aliphatic rings. The second-order valence-electron chi connectivity index (χ2n) is 6.64. The van der Waals surface area contributed by atoms with E-state index in [1.54, 1.807) is 18.2 Å². The molecule has 0 atom stereocenters. The number of esters is 1. The number of nitrogens with zero attached hydrogens (tertiary/aromatic N) is 3. The summed E-state index contributed by atoms with van der Waals surface area (Å²) in [6, 6.07) is 13.3. The zero-order valence-corrected chi connectivity index (χ0v) is 17.2. The van der Waals surface area contributed by atoms with Gasteiger partial charge in [-0.3, -0.25) is 25.0 Å². The van der Waals surface area contributed by atoms with Crippen molar-refractivity contribution in [2.24, 2.45) is 0 Å². The first-order valence-corrected chi connectivity index (χ1v) is 9.45. The van der Waals surface area contributed by atoms with E-state index in [-0.39, 0.29) is 23.4 Å². The van der Waals surface area contributed by atoms with E-state index >= 15 is 0 Å². The second-order valence-corrected chi connectivity index (χ2v) is 6.64. The first kappa shape index (κ1) is 23.4. The highest BCUT2D eigenvalue weighted by atomic mass is 16.6. The average molecular weight is 462 g/mol. The smallest absolute Gasteiger partial charge is 0.344 e. The van der Waals surface area contributed by atoms with E-state index in [0.29, 0.717) is 11.3 Å². The Morgan fingerprint density at radius 1 is 1.06 bits per heavy atom. The van der Waals surface area contributed by atoms with Gasteiger partial charge in [-0.2, -0.15) is 5.26 Å². The third-order valence-electron chi connectivity index (χ3n) is 4.33. The zero-order chi connectivity index (χ0) is 24.7. The molecule has 0 bridgehead atoms. The molecule has 0 aliphatic heterocycles. The fourth-order valence-corrected chi connectivity index (χ4v) is 2.71. The summed E-state index contributed by atoms with van der Waals surface area (Å²) in [5.74, 6) is -1.09. The summed E-state index contributed by atoms with van der Waals surface area (Å²) < 4.78 is 10.2. The number of carbonyl (C=O) groups is 2. The lowest BCUT2D eigenvalue weighted by atomic mass is 10.1. The molecule has 1 N–H and O–H groups in total. The number of hydrogen-bond donors (Lipinski definition) is 1. The predicted octanol–water partition coefficient (Wildman–Crippen LogP) is 3.54. The van der Waals surface area contributed by atoms with Crippen LogP contribution >= 0.6 is 0 Å². The highest BCUT2D eigenvalue weighted by molar-refractivity contribution is 6.01. The minimum absolute atomic E-state index is 0.0390. The van der Waals surface area contributed by atoms with Crippen LogP contribution in [0, 0.1) is 31.6 Å². The van der Waals surface area contributed by atoms with Gasteiger partial charge in [0.25, 0.3) is 17.3 Å². The van der Waals surface area contributed by atoms with Crippen molar-refractivity contribution in [1.29, 1.82) is 5.26 Å². The van der Waals surface area contributed by atoms with Gasteiger partial charge in [0.1, 0.15) is 23.2 Å². The molecule has 0 unspecified atom stereocenters. The van der Waals surface area contributed by atoms with E-state index in [0.717, 1.165) is 18.2 Å². The first-order chi connectivity index (χ1) is 16.3. The van der Waals surface area contributed by atoms with Crippen LogP contribution in [0.5, 0.6) is 5.75 Å². The van der Waals surface area contributed by atoms with Crippen molar-refractivity contribution in [3.63, 3.8) is 0 Å². The Hall–Kier alpha value is -5.31. The molecule has 1 amide bonds. The lowest BCUT2D eigenvalue weighted by molar-refractivity contribution is -0.394. The van der Waals surface area contributed by atoms with Gasteiger partial charge >= 0.3 is 5.97 Å². The van der Waals surface area contributed by atoms with Crippen molar-refractivity contribution < 1.29 is 28.6 Å². The number of furan rings is 1. The number of amides is 1. The number of benzene rings is 2. The van der Waals surface area contributed by atoms with Crippen LogP contribution in [0.15, 0.2) is 70.9 Å². The molecular weight excluding hydrogens is 448 g/mol. The van der Waals surface area contributed by atoms with Gasteiger partial charge in [0.05, 0.1) is 34.3 Å². The maximum Gasteiger partial charge on any atom is 0.344 e. The average Bonchev–Trinajstić information content (AvgIpc) is 3.35. The summed E-state index contributed by atoms with van der Waals surface area (Å²) in [6.45, 7) is 0.107. The third-order valence-corrected chi connectivity index (χ3v) is 4.33. The summed E-state index contributed by atoms with van der Waals surface area (Å²) in [6.07, 6.45) is 2.78. The van der Waals surface area contributed by atoms with Crippen molar-refractivity contribution in [3.8, 4) is 11.8 Å². The predicted molar refractivity (Wildman–Crippen MR) is 115 cm³/mol. The van der Waals surface area contributed by atoms with Gasteiger partial charge in [-0.15, -0.1) is 0 Å². The van der Waals surface area contributed by atoms with Crippen LogP contribution in [-0.4, -0.2) is 21.7 Å². The zero-order valence-electron chi connectivity index (χ0n) is 17.2. The molecule has 0 saturated carbocycles. The topological polar surface area (TPSA) is 179 Å². The van der Waals surface area contributed by atoms with Crippen molar-refractivity contribution >= 4 is 29.3 Å². The van der Waals surface area contributed by atoms with Crippen molar-refractivity contribution in [2.45, 2.75) is 6.54 Å². The first-order valence-electron chi connectivity index (χ1n) is 9.45. The highest BCUT2D eigenvalue weighted by Gasteiger charge is 2.21. The Morgan fingerprint density at radius 3 is 2.24 bits per heavy atom. The monoisotopic (exact) mass is 462 g/mol. The number of carbonyl (C=O) groups excluding carboxylic acids is 2. The maximum atomic E-state index is 12.3. The molecule has 0 radical (unpaired) electrons. The summed E-state index contributed by atoms with van der Waals surface area (Å²) in [5.41, 5.74) is -1.34. The largest absolute Gasteiger partial charge is 0.467 e. The van der Waals surface area contributed by atoms with E-state index in [1.165, 1.54) is 36.6 Å². The fraction of sp³-hybridized carbons (Fsp3) is 0.0455. The molecule has 2 aromatic carbocycles. The van der Waals surface area contributed by atoms with Crippen LogP contribution in [0.2, 0.25) is 0 Å². The highest BCUT2D eigenvalue weighted by Crippen LogP contribution is 2.24. The number of nitro groups is 2. The minimum Gasteiger partial charge on any atom is -0.467 e. The molecule has 0 spiro atoms. The molecule has 3 aromatic rings. The van der Waals surface area contributed by atoms with Crippen molar-refractivity contribution in [1.82, 2.24) is 5.32 Å². The lowest BCUT2D eigenvalue weighted by Crippen LogP contribution is -2.23. The number of hydrogen-bond acceptors (Lipinski definition) is 9. The van der Waals surface area contributed by atoms with E-state index in [2.05, 4.69) is 5.32 Å². The molecular formula is C22H14N4O8. The van der Waals surface area contributed by atoms with Crippen molar-refractivity contribution in [3.05, 3.63) is 104 Å². The fourth-order valence-electron chi connectivity index (χ4n) is 2.71. The number of ether oxygens (including phenoxy) is 1. The summed E-state index contributed by atoms with van der Waals surface area (Å²) >= 11 is 0. The van der Waals surface area contributed by atoms with E-state index in [1.807, 2.05) is 0 Å². The summed E-state index contributed by atoms with van der Waals surface area (Å²) in [5, 5.41) is 33.8. The Kier molecular flexibility index (Phi) is 7.10. The van der Waals surface area contributed by atoms with E-state index in [9.17, 15) is 35.1 Å². The molecule has 34 heavy (non-hydrogen) atoms. The van der Waals surface area contributed by atoms with Crippen LogP contribution < -0.4 is 10.1 Å². The Bertz CT molecular complexity index is 1290. The number of nitriles is 1. The molecule has 3 rings (SSSR count). The van der Waals surface area contributed by atoms with Crippen LogP contribution in [0.25, 0.3) is 6.08 Å². The molecule has 0 aliphatic carbocycles. The van der Waals surface area contributed by atoms with Crippen LogP contribution in [0.1, 0.15) is 21.7 Å². The van der Waals surface area contributed by atoms with E-state index < -0.39 is 33.1 Å². The van der Waals surface area contributed by atoms with Crippen LogP contribution in [0.4, 0.5) is 11.4 Å². The second kappa shape index (κ2) is 10.3. The van der Waals surface area contributed by atoms with E-state index in [4.69, 9.17) is 9.15 Å². The summed E-state index contributed by atoms with van der Waals surface area (Å²) in [4.78, 5) is 44.8.